The second-order valence-electron chi connectivity index (χ2n) is 4.53. The molecule has 0 aromatic heterocycles. The zero-order chi connectivity index (χ0) is 15.8. The molecule has 0 amide bonds. The monoisotopic (exact) mass is 301 g/mol. The lowest BCUT2D eigenvalue weighted by Crippen LogP contribution is -2.08. The number of carbonyl (C=O) groups is 1. The Labute approximate surface area is 132 Å². The van der Waals surface area contributed by atoms with Gasteiger partial charge in [-0.15, -0.1) is 0 Å². The van der Waals surface area contributed by atoms with Crippen LogP contribution in [0.3, 0.4) is 0 Å². The van der Waals surface area contributed by atoms with Crippen LogP contribution in [0.5, 0.6) is 0 Å². The van der Waals surface area contributed by atoms with E-state index in [4.69, 9.17) is 0 Å². The number of aldehydes is 1. The summed E-state index contributed by atoms with van der Waals surface area (Å²) in [6.45, 7) is 8.12. The normalized spacial score (nSPS) is 9.57. The molecule has 0 bridgehead atoms. The van der Waals surface area contributed by atoms with E-state index in [0.717, 1.165) is 28.0 Å². The minimum atomic E-state index is 0.732. The summed E-state index contributed by atoms with van der Waals surface area (Å²) in [5.74, 6) is 0. The summed E-state index contributed by atoms with van der Waals surface area (Å²) in [5, 5.41) is 0. The van der Waals surface area contributed by atoms with Crippen LogP contribution >= 0.6 is 11.9 Å². The number of hydrogen-bond acceptors (Lipinski definition) is 3. The minimum Gasteiger partial charge on any atom is -0.315 e. The van der Waals surface area contributed by atoms with Crippen molar-refractivity contribution in [3.8, 4) is 0 Å². The van der Waals surface area contributed by atoms with Gasteiger partial charge in [0.05, 0.1) is 0 Å². The Morgan fingerprint density at radius 3 is 2.33 bits per heavy atom. The predicted octanol–water partition coefficient (Wildman–Crippen LogP) is 5.29. The molecule has 3 heteroatoms. The Hall–Kier alpha value is -1.74. The fourth-order valence-corrected chi connectivity index (χ4v) is 2.99. The molecular weight excluding hydrogens is 278 g/mol. The molecule has 0 heterocycles. The number of rotatable bonds is 4. The molecule has 0 atom stereocenters. The van der Waals surface area contributed by atoms with Gasteiger partial charge < -0.3 is 4.31 Å². The van der Waals surface area contributed by atoms with Crippen LogP contribution in [0.1, 0.15) is 35.3 Å². The molecule has 0 spiro atoms. The summed E-state index contributed by atoms with van der Waals surface area (Å²) >= 11 is 1.58. The van der Waals surface area contributed by atoms with Gasteiger partial charge in [0.2, 0.25) is 0 Å². The van der Waals surface area contributed by atoms with E-state index < -0.39 is 0 Å². The fraction of sp³-hybridized carbons (Fsp3) is 0.278. The van der Waals surface area contributed by atoms with Gasteiger partial charge in [-0.2, -0.15) is 0 Å². The van der Waals surface area contributed by atoms with E-state index in [9.17, 15) is 4.79 Å². The Morgan fingerprint density at radius 2 is 1.71 bits per heavy atom. The molecular formula is C18H23NOS. The van der Waals surface area contributed by atoms with Crippen molar-refractivity contribution in [3.63, 3.8) is 0 Å². The van der Waals surface area contributed by atoms with Gasteiger partial charge in [0, 0.05) is 23.2 Å². The Bertz CT molecular complexity index is 596. The maximum atomic E-state index is 11.1. The molecule has 21 heavy (non-hydrogen) atoms. The molecule has 2 rings (SSSR count). The van der Waals surface area contributed by atoms with E-state index in [-0.39, 0.29) is 0 Å². The van der Waals surface area contributed by atoms with Gasteiger partial charge in [-0.3, -0.25) is 4.79 Å². The largest absolute Gasteiger partial charge is 0.315 e. The lowest BCUT2D eigenvalue weighted by Gasteiger charge is -2.20. The van der Waals surface area contributed by atoms with Crippen molar-refractivity contribution in [2.45, 2.75) is 32.6 Å². The van der Waals surface area contributed by atoms with Crippen LogP contribution < -0.4 is 4.31 Å². The third kappa shape index (κ3) is 4.64. The number of anilines is 1. The second kappa shape index (κ2) is 8.53. The van der Waals surface area contributed by atoms with E-state index >= 15 is 0 Å². The highest BCUT2D eigenvalue weighted by Gasteiger charge is 2.09. The van der Waals surface area contributed by atoms with Crippen molar-refractivity contribution < 1.29 is 4.79 Å². The van der Waals surface area contributed by atoms with E-state index in [1.165, 1.54) is 5.56 Å². The van der Waals surface area contributed by atoms with E-state index in [1.54, 1.807) is 11.9 Å². The van der Waals surface area contributed by atoms with Crippen LogP contribution in [-0.2, 0) is 0 Å². The number of para-hydroxylation sites is 1. The average molecular weight is 301 g/mol. The van der Waals surface area contributed by atoms with Gasteiger partial charge in [-0.1, -0.05) is 44.2 Å². The zero-order valence-corrected chi connectivity index (χ0v) is 14.2. The predicted molar refractivity (Wildman–Crippen MR) is 93.4 cm³/mol. The highest BCUT2D eigenvalue weighted by atomic mass is 32.2. The van der Waals surface area contributed by atoms with Crippen LogP contribution in [0.2, 0.25) is 0 Å². The van der Waals surface area contributed by atoms with E-state index in [0.29, 0.717) is 0 Å². The number of aryl methyl sites for hydroxylation is 2. The van der Waals surface area contributed by atoms with E-state index in [1.807, 2.05) is 58.2 Å². The first kappa shape index (κ1) is 17.3. The fourth-order valence-electron chi connectivity index (χ4n) is 1.93. The lowest BCUT2D eigenvalue weighted by molar-refractivity contribution is 0.112. The summed E-state index contributed by atoms with van der Waals surface area (Å²) < 4.78 is 2.09. The minimum absolute atomic E-state index is 0.732. The molecule has 0 aliphatic heterocycles. The number of carbonyl (C=O) groups excluding carboxylic acids is 1. The van der Waals surface area contributed by atoms with Gasteiger partial charge in [-0.25, -0.2) is 0 Å². The van der Waals surface area contributed by atoms with Crippen molar-refractivity contribution in [1.82, 2.24) is 0 Å². The number of nitrogens with zero attached hydrogens (tertiary/aromatic N) is 1. The molecule has 2 nitrogen and oxygen atoms in total. The summed E-state index contributed by atoms with van der Waals surface area (Å²) in [7, 11) is 2.02. The highest BCUT2D eigenvalue weighted by molar-refractivity contribution is 8.00. The number of benzene rings is 2. The van der Waals surface area contributed by atoms with Crippen LogP contribution in [0.15, 0.2) is 47.4 Å². The highest BCUT2D eigenvalue weighted by Crippen LogP contribution is 2.31. The summed E-state index contributed by atoms with van der Waals surface area (Å²) in [5.41, 5.74) is 4.27. The van der Waals surface area contributed by atoms with Gasteiger partial charge in [0.25, 0.3) is 0 Å². The van der Waals surface area contributed by atoms with Gasteiger partial charge in [0.15, 0.2) is 6.29 Å². The van der Waals surface area contributed by atoms with Crippen molar-refractivity contribution in [3.05, 3.63) is 59.2 Å². The first-order valence-electron chi connectivity index (χ1n) is 7.15. The molecule has 2 aromatic carbocycles. The quantitative estimate of drug-likeness (QED) is 0.565. The first-order chi connectivity index (χ1) is 10.1. The third-order valence-corrected chi connectivity index (χ3v) is 4.01. The summed E-state index contributed by atoms with van der Waals surface area (Å²) in [4.78, 5) is 12.1. The van der Waals surface area contributed by atoms with E-state index in [2.05, 4.69) is 23.4 Å². The second-order valence-corrected chi connectivity index (χ2v) is 5.70. The molecule has 2 aromatic rings. The standard InChI is InChI=1S/C16H17NOS.C2H6/c1-12-8-9-14(11-18)16(10-12)19-17(3)15-7-5-4-6-13(15)2;1-2/h4-11H,1-3H3;1-2H3. The van der Waals surface area contributed by atoms with Crippen LogP contribution in [0.25, 0.3) is 0 Å². The topological polar surface area (TPSA) is 20.3 Å². The van der Waals surface area contributed by atoms with Gasteiger partial charge >= 0.3 is 0 Å². The first-order valence-corrected chi connectivity index (χ1v) is 7.92. The Morgan fingerprint density at radius 1 is 1.05 bits per heavy atom. The molecule has 0 saturated carbocycles. The molecule has 0 saturated heterocycles. The van der Waals surface area contributed by atoms with Gasteiger partial charge in [0.1, 0.15) is 0 Å². The van der Waals surface area contributed by atoms with Crippen LogP contribution in [0, 0.1) is 13.8 Å². The lowest BCUT2D eigenvalue weighted by atomic mass is 10.2. The van der Waals surface area contributed by atoms with Crippen LogP contribution in [-0.4, -0.2) is 13.3 Å². The summed E-state index contributed by atoms with van der Waals surface area (Å²) in [6, 6.07) is 14.1. The SMILES string of the molecule is CC.Cc1ccc(C=O)c(SN(C)c2ccccc2C)c1. The molecule has 112 valence electrons. The third-order valence-electron chi connectivity index (χ3n) is 2.99. The van der Waals surface area contributed by atoms with Crippen molar-refractivity contribution in [2.24, 2.45) is 0 Å². The van der Waals surface area contributed by atoms with Gasteiger partial charge in [-0.05, 0) is 49.1 Å². The molecule has 0 aliphatic rings. The molecule has 0 N–H and O–H groups in total. The average Bonchev–Trinajstić information content (AvgIpc) is 2.50. The van der Waals surface area contributed by atoms with Crippen LogP contribution in [0.4, 0.5) is 5.69 Å². The Kier molecular flexibility index (Phi) is 7.03. The van der Waals surface area contributed by atoms with Crippen molar-refractivity contribution >= 4 is 23.9 Å². The molecule has 0 aliphatic carbocycles. The molecule has 0 radical (unpaired) electrons. The number of hydrogen-bond donors (Lipinski definition) is 0. The summed E-state index contributed by atoms with van der Waals surface area (Å²) in [6.07, 6.45) is 0.910. The van der Waals surface area contributed by atoms with Crippen molar-refractivity contribution in [2.75, 3.05) is 11.4 Å². The smallest absolute Gasteiger partial charge is 0.151 e. The Balaban J connectivity index is 0.00000106. The zero-order valence-electron chi connectivity index (χ0n) is 13.4. The molecule has 0 fully saturated rings. The molecule has 0 unspecified atom stereocenters. The van der Waals surface area contributed by atoms with Crippen molar-refractivity contribution in [1.29, 1.82) is 0 Å². The maximum Gasteiger partial charge on any atom is 0.151 e. The maximum absolute atomic E-state index is 11.1.